The quantitative estimate of drug-likeness (QED) is 0.675. The standard InChI is InChI=1S/C15H21NO5/c1-11(2)9-21-13-5-3-12(4-6-13)15(19)16-7-8-20-10-14(17)18/h3-6,11H,7-10H2,1-2H3,(H,16,19)(H,17,18). The summed E-state index contributed by atoms with van der Waals surface area (Å²) in [5.74, 6) is -0.0912. The predicted molar refractivity (Wildman–Crippen MR) is 77.6 cm³/mol. The second-order valence-corrected chi connectivity index (χ2v) is 4.93. The smallest absolute Gasteiger partial charge is 0.329 e. The fourth-order valence-electron chi connectivity index (χ4n) is 1.46. The van der Waals surface area contributed by atoms with E-state index in [1.165, 1.54) is 0 Å². The van der Waals surface area contributed by atoms with E-state index in [9.17, 15) is 9.59 Å². The molecule has 1 aromatic rings. The van der Waals surface area contributed by atoms with E-state index in [-0.39, 0.29) is 25.7 Å². The molecule has 21 heavy (non-hydrogen) atoms. The van der Waals surface area contributed by atoms with E-state index in [1.807, 2.05) is 0 Å². The van der Waals surface area contributed by atoms with Gasteiger partial charge in [-0.2, -0.15) is 0 Å². The van der Waals surface area contributed by atoms with Crippen LogP contribution in [0.4, 0.5) is 0 Å². The lowest BCUT2D eigenvalue weighted by Gasteiger charge is -2.09. The van der Waals surface area contributed by atoms with Gasteiger partial charge in [-0.3, -0.25) is 4.79 Å². The van der Waals surface area contributed by atoms with Crippen LogP contribution in [-0.2, 0) is 9.53 Å². The van der Waals surface area contributed by atoms with Gasteiger partial charge in [0.15, 0.2) is 0 Å². The highest BCUT2D eigenvalue weighted by Gasteiger charge is 2.05. The molecule has 0 atom stereocenters. The molecule has 0 saturated heterocycles. The lowest BCUT2D eigenvalue weighted by Crippen LogP contribution is -2.27. The van der Waals surface area contributed by atoms with Crippen molar-refractivity contribution in [2.75, 3.05) is 26.4 Å². The number of amides is 1. The van der Waals surface area contributed by atoms with Gasteiger partial charge in [-0.1, -0.05) is 13.8 Å². The van der Waals surface area contributed by atoms with Gasteiger partial charge in [-0.25, -0.2) is 4.79 Å². The lowest BCUT2D eigenvalue weighted by molar-refractivity contribution is -0.142. The van der Waals surface area contributed by atoms with Crippen LogP contribution >= 0.6 is 0 Å². The zero-order valence-electron chi connectivity index (χ0n) is 12.3. The molecule has 0 radical (unpaired) electrons. The van der Waals surface area contributed by atoms with Crippen LogP contribution in [0.15, 0.2) is 24.3 Å². The molecule has 0 heterocycles. The van der Waals surface area contributed by atoms with E-state index in [2.05, 4.69) is 19.2 Å². The molecule has 2 N–H and O–H groups in total. The molecule has 1 amide bonds. The summed E-state index contributed by atoms with van der Waals surface area (Å²) in [6.07, 6.45) is 0. The van der Waals surface area contributed by atoms with Crippen LogP contribution in [-0.4, -0.2) is 43.3 Å². The zero-order valence-corrected chi connectivity index (χ0v) is 12.3. The lowest BCUT2D eigenvalue weighted by atomic mass is 10.2. The van der Waals surface area contributed by atoms with Crippen molar-refractivity contribution in [2.24, 2.45) is 5.92 Å². The average Bonchev–Trinajstić information content (AvgIpc) is 2.44. The molecule has 0 spiro atoms. The van der Waals surface area contributed by atoms with Gasteiger partial charge >= 0.3 is 5.97 Å². The molecular formula is C15H21NO5. The van der Waals surface area contributed by atoms with Gasteiger partial charge in [0.1, 0.15) is 12.4 Å². The van der Waals surface area contributed by atoms with Gasteiger partial charge < -0.3 is 19.9 Å². The van der Waals surface area contributed by atoms with Crippen molar-refractivity contribution in [1.82, 2.24) is 5.32 Å². The summed E-state index contributed by atoms with van der Waals surface area (Å²) < 4.78 is 10.4. The molecule has 0 aliphatic rings. The highest BCUT2D eigenvalue weighted by atomic mass is 16.5. The minimum absolute atomic E-state index is 0.160. The first-order valence-electron chi connectivity index (χ1n) is 6.79. The number of ether oxygens (including phenoxy) is 2. The second kappa shape index (κ2) is 8.97. The summed E-state index contributed by atoms with van der Waals surface area (Å²) in [4.78, 5) is 22.0. The van der Waals surface area contributed by atoms with Gasteiger partial charge in [0.2, 0.25) is 0 Å². The van der Waals surface area contributed by atoms with Crippen molar-refractivity contribution in [3.8, 4) is 5.75 Å². The topological polar surface area (TPSA) is 84.9 Å². The molecule has 0 bridgehead atoms. The van der Waals surface area contributed by atoms with Crippen LogP contribution in [0.2, 0.25) is 0 Å². The fraction of sp³-hybridized carbons (Fsp3) is 0.467. The number of aliphatic carboxylic acids is 1. The largest absolute Gasteiger partial charge is 0.493 e. The predicted octanol–water partition coefficient (Wildman–Crippen LogP) is 1.55. The van der Waals surface area contributed by atoms with Crippen LogP contribution < -0.4 is 10.1 Å². The Morgan fingerprint density at radius 3 is 2.48 bits per heavy atom. The SMILES string of the molecule is CC(C)COc1ccc(C(=O)NCCOCC(=O)O)cc1. The van der Waals surface area contributed by atoms with Gasteiger partial charge in [-0.05, 0) is 30.2 Å². The van der Waals surface area contributed by atoms with Crippen molar-refractivity contribution < 1.29 is 24.2 Å². The summed E-state index contributed by atoms with van der Waals surface area (Å²) in [5.41, 5.74) is 0.519. The van der Waals surface area contributed by atoms with E-state index in [0.717, 1.165) is 5.75 Å². The van der Waals surface area contributed by atoms with Crippen molar-refractivity contribution in [1.29, 1.82) is 0 Å². The maximum atomic E-state index is 11.8. The van der Waals surface area contributed by atoms with Crippen LogP contribution in [0.3, 0.4) is 0 Å². The van der Waals surface area contributed by atoms with Crippen LogP contribution in [0, 0.1) is 5.92 Å². The third kappa shape index (κ3) is 7.31. The normalized spacial score (nSPS) is 10.4. The Kier molecular flexibility index (Phi) is 7.25. The third-order valence-corrected chi connectivity index (χ3v) is 2.46. The highest BCUT2D eigenvalue weighted by Crippen LogP contribution is 2.13. The number of carboxylic acid groups (broad SMARTS) is 1. The summed E-state index contributed by atoms with van der Waals surface area (Å²) in [7, 11) is 0. The fourth-order valence-corrected chi connectivity index (χ4v) is 1.46. The van der Waals surface area contributed by atoms with Crippen LogP contribution in [0.1, 0.15) is 24.2 Å². The number of rotatable bonds is 9. The molecule has 6 nitrogen and oxygen atoms in total. The van der Waals surface area contributed by atoms with Crippen molar-refractivity contribution in [2.45, 2.75) is 13.8 Å². The Balaban J connectivity index is 2.32. The van der Waals surface area contributed by atoms with E-state index in [4.69, 9.17) is 14.6 Å². The van der Waals surface area contributed by atoms with Gasteiger partial charge in [-0.15, -0.1) is 0 Å². The summed E-state index contributed by atoms with van der Waals surface area (Å²) in [6.45, 7) is 4.82. The summed E-state index contributed by atoms with van der Waals surface area (Å²) >= 11 is 0. The van der Waals surface area contributed by atoms with Crippen molar-refractivity contribution in [3.63, 3.8) is 0 Å². The molecular weight excluding hydrogens is 274 g/mol. The molecule has 0 aliphatic carbocycles. The highest BCUT2D eigenvalue weighted by molar-refractivity contribution is 5.94. The van der Waals surface area contributed by atoms with E-state index in [0.29, 0.717) is 18.1 Å². The number of nitrogens with one attached hydrogen (secondary N) is 1. The zero-order chi connectivity index (χ0) is 15.7. The number of carboxylic acids is 1. The number of hydrogen-bond donors (Lipinski definition) is 2. The Hall–Kier alpha value is -2.08. The number of carbonyl (C=O) groups excluding carboxylic acids is 1. The maximum Gasteiger partial charge on any atom is 0.329 e. The summed E-state index contributed by atoms with van der Waals surface area (Å²) in [5, 5.41) is 11.0. The first-order valence-corrected chi connectivity index (χ1v) is 6.79. The third-order valence-electron chi connectivity index (χ3n) is 2.46. The van der Waals surface area contributed by atoms with Crippen molar-refractivity contribution >= 4 is 11.9 Å². The minimum Gasteiger partial charge on any atom is -0.493 e. The second-order valence-electron chi connectivity index (χ2n) is 4.93. The van der Waals surface area contributed by atoms with Crippen molar-refractivity contribution in [3.05, 3.63) is 29.8 Å². The van der Waals surface area contributed by atoms with Crippen LogP contribution in [0.5, 0.6) is 5.75 Å². The molecule has 1 aromatic carbocycles. The van der Waals surface area contributed by atoms with E-state index in [1.54, 1.807) is 24.3 Å². The van der Waals surface area contributed by atoms with Crippen LogP contribution in [0.25, 0.3) is 0 Å². The number of carbonyl (C=O) groups is 2. The van der Waals surface area contributed by atoms with Gasteiger partial charge in [0, 0.05) is 12.1 Å². The van der Waals surface area contributed by atoms with Gasteiger partial charge in [0.05, 0.1) is 13.2 Å². The Morgan fingerprint density at radius 1 is 1.24 bits per heavy atom. The number of benzene rings is 1. The monoisotopic (exact) mass is 295 g/mol. The maximum absolute atomic E-state index is 11.8. The molecule has 0 unspecified atom stereocenters. The Labute approximate surface area is 124 Å². The Bertz CT molecular complexity index is 456. The average molecular weight is 295 g/mol. The minimum atomic E-state index is -1.03. The molecule has 1 rings (SSSR count). The molecule has 0 aliphatic heterocycles. The Morgan fingerprint density at radius 2 is 1.90 bits per heavy atom. The molecule has 6 heteroatoms. The molecule has 0 saturated carbocycles. The molecule has 116 valence electrons. The van der Waals surface area contributed by atoms with E-state index < -0.39 is 5.97 Å². The van der Waals surface area contributed by atoms with E-state index >= 15 is 0 Å². The first kappa shape index (κ1) is 17.0. The molecule has 0 aromatic heterocycles. The summed E-state index contributed by atoms with van der Waals surface area (Å²) in [6, 6.07) is 6.86. The van der Waals surface area contributed by atoms with Gasteiger partial charge in [0.25, 0.3) is 5.91 Å². The first-order chi connectivity index (χ1) is 9.99. The number of hydrogen-bond acceptors (Lipinski definition) is 4. The molecule has 0 fully saturated rings.